The predicted molar refractivity (Wildman–Crippen MR) is 151 cm³/mol. The highest BCUT2D eigenvalue weighted by atomic mass is 35.7. The molecule has 0 amide bonds. The molecule has 2 aromatic rings. The van der Waals surface area contributed by atoms with Gasteiger partial charge in [-0.3, -0.25) is 0 Å². The van der Waals surface area contributed by atoms with Gasteiger partial charge in [-0.15, -0.1) is 0 Å². The first-order valence-electron chi connectivity index (χ1n) is 12.3. The van der Waals surface area contributed by atoms with E-state index < -0.39 is 7.73 Å². The third-order valence-corrected chi connectivity index (χ3v) is 7.09. The number of rotatable bonds is 4. The normalized spacial score (nSPS) is 13.4. The lowest BCUT2D eigenvalue weighted by Crippen LogP contribution is -2.20. The van der Waals surface area contributed by atoms with Gasteiger partial charge in [-0.2, -0.15) is 0 Å². The van der Waals surface area contributed by atoms with Crippen LogP contribution in [0.2, 0.25) is 0 Å². The topological polar surface area (TPSA) is 18.5 Å². The van der Waals surface area contributed by atoms with E-state index in [1.807, 2.05) is 0 Å². The van der Waals surface area contributed by atoms with Crippen LogP contribution >= 0.6 is 19.0 Å². The highest BCUT2D eigenvalue weighted by Gasteiger charge is 2.32. The second-order valence-electron chi connectivity index (χ2n) is 13.8. The Hall–Kier alpha value is -1.24. The Kier molecular flexibility index (Phi) is 8.24. The largest absolute Gasteiger partial charge is 0.427 e. The summed E-state index contributed by atoms with van der Waals surface area (Å²) >= 11 is 6.94. The van der Waals surface area contributed by atoms with E-state index in [0.717, 1.165) is 33.8 Å². The highest BCUT2D eigenvalue weighted by Crippen LogP contribution is 2.53. The molecule has 2 aromatic carbocycles. The van der Waals surface area contributed by atoms with Gasteiger partial charge in [0, 0.05) is 22.3 Å². The standard InChI is InChI=1S/C30H46ClO2P/c1-19-15-21(27(3,4)5)25(22(16-19)28(6,7)8)32-34(31)33-26-23(29(9,10)11)17-20(2)18-24(26)30(12,13)14/h15-18H,1-14H3. The van der Waals surface area contributed by atoms with Crippen molar-refractivity contribution in [3.63, 3.8) is 0 Å². The second-order valence-corrected chi connectivity index (χ2v) is 15.4. The monoisotopic (exact) mass is 504 g/mol. The van der Waals surface area contributed by atoms with Gasteiger partial charge in [-0.05, 0) is 46.7 Å². The summed E-state index contributed by atoms with van der Waals surface area (Å²) in [6.07, 6.45) is 0. The minimum atomic E-state index is -1.73. The molecule has 2 nitrogen and oxygen atoms in total. The number of hydrogen-bond acceptors (Lipinski definition) is 2. The zero-order valence-corrected chi connectivity index (χ0v) is 25.6. The summed E-state index contributed by atoms with van der Waals surface area (Å²) < 4.78 is 13.1. The van der Waals surface area contributed by atoms with Gasteiger partial charge in [0.15, 0.2) is 0 Å². The van der Waals surface area contributed by atoms with Gasteiger partial charge in [0.1, 0.15) is 11.5 Å². The average molecular weight is 505 g/mol. The maximum absolute atomic E-state index is 6.94. The molecule has 0 heterocycles. The molecule has 0 N–H and O–H groups in total. The number of halogens is 1. The lowest BCUT2D eigenvalue weighted by atomic mass is 9.78. The maximum atomic E-state index is 6.94. The highest BCUT2D eigenvalue weighted by molar-refractivity contribution is 7.76. The van der Waals surface area contributed by atoms with Crippen molar-refractivity contribution >= 4 is 19.0 Å². The summed E-state index contributed by atoms with van der Waals surface area (Å²) in [4.78, 5) is 0. The minimum Gasteiger partial charge on any atom is -0.427 e. The first-order chi connectivity index (χ1) is 15.1. The Balaban J connectivity index is 2.65. The van der Waals surface area contributed by atoms with Crippen LogP contribution in [0.4, 0.5) is 0 Å². The summed E-state index contributed by atoms with van der Waals surface area (Å²) in [6, 6.07) is 8.88. The Morgan fingerprint density at radius 2 is 0.706 bits per heavy atom. The summed E-state index contributed by atoms with van der Waals surface area (Å²) in [5.74, 6) is 1.71. The molecular formula is C30H46ClO2P. The lowest BCUT2D eigenvalue weighted by molar-refractivity contribution is 0.447. The number of aryl methyl sites for hydroxylation is 2. The zero-order chi connectivity index (χ0) is 26.4. The average Bonchev–Trinajstić information content (AvgIpc) is 2.60. The molecule has 0 fully saturated rings. The molecule has 0 aliphatic heterocycles. The molecule has 0 radical (unpaired) electrons. The maximum Gasteiger partial charge on any atom is 0.401 e. The Bertz CT molecular complexity index is 874. The van der Waals surface area contributed by atoms with Crippen molar-refractivity contribution in [2.24, 2.45) is 0 Å². The van der Waals surface area contributed by atoms with E-state index in [1.165, 1.54) is 11.1 Å². The Morgan fingerprint density at radius 1 is 0.500 bits per heavy atom. The van der Waals surface area contributed by atoms with Crippen LogP contribution in [0.3, 0.4) is 0 Å². The van der Waals surface area contributed by atoms with E-state index in [-0.39, 0.29) is 21.7 Å². The van der Waals surface area contributed by atoms with Gasteiger partial charge in [-0.25, -0.2) is 0 Å². The van der Waals surface area contributed by atoms with E-state index in [2.05, 4.69) is 121 Å². The van der Waals surface area contributed by atoms with E-state index >= 15 is 0 Å². The fourth-order valence-electron chi connectivity index (χ4n) is 4.13. The lowest BCUT2D eigenvalue weighted by Gasteiger charge is -2.33. The van der Waals surface area contributed by atoms with Crippen molar-refractivity contribution in [3.8, 4) is 11.5 Å². The van der Waals surface area contributed by atoms with Crippen LogP contribution in [0.25, 0.3) is 0 Å². The van der Waals surface area contributed by atoms with E-state index in [9.17, 15) is 0 Å². The van der Waals surface area contributed by atoms with E-state index in [1.54, 1.807) is 0 Å². The van der Waals surface area contributed by atoms with Crippen LogP contribution in [0.5, 0.6) is 11.5 Å². The molecule has 0 saturated heterocycles. The zero-order valence-electron chi connectivity index (χ0n) is 24.0. The Morgan fingerprint density at radius 3 is 0.882 bits per heavy atom. The minimum absolute atomic E-state index is 0.0919. The third kappa shape index (κ3) is 6.92. The molecule has 0 bridgehead atoms. The SMILES string of the molecule is Cc1cc(C(C)(C)C)c(OP(Cl)Oc2c(C(C)(C)C)cc(C)cc2C(C)(C)C)c(C(C)(C)C)c1. The molecule has 0 aliphatic carbocycles. The molecule has 0 aromatic heterocycles. The Labute approximate surface area is 215 Å². The molecule has 0 aliphatic rings. The van der Waals surface area contributed by atoms with Crippen molar-refractivity contribution in [1.29, 1.82) is 0 Å². The molecule has 2 rings (SSSR count). The van der Waals surface area contributed by atoms with E-state index in [0.29, 0.717) is 0 Å². The third-order valence-electron chi connectivity index (χ3n) is 6.02. The summed E-state index contributed by atoms with van der Waals surface area (Å²) in [5, 5.41) is 0. The van der Waals surface area contributed by atoms with Crippen LogP contribution in [0.1, 0.15) is 116 Å². The summed E-state index contributed by atoms with van der Waals surface area (Å²) in [6.45, 7) is 30.9. The van der Waals surface area contributed by atoms with Crippen molar-refractivity contribution in [1.82, 2.24) is 0 Å². The van der Waals surface area contributed by atoms with E-state index in [4.69, 9.17) is 20.3 Å². The van der Waals surface area contributed by atoms with Gasteiger partial charge in [0.25, 0.3) is 0 Å². The van der Waals surface area contributed by atoms with Gasteiger partial charge < -0.3 is 9.05 Å². The van der Waals surface area contributed by atoms with Crippen molar-refractivity contribution in [3.05, 3.63) is 57.6 Å². The van der Waals surface area contributed by atoms with Gasteiger partial charge >= 0.3 is 7.73 Å². The van der Waals surface area contributed by atoms with Crippen LogP contribution < -0.4 is 9.05 Å². The fraction of sp³-hybridized carbons (Fsp3) is 0.600. The summed E-state index contributed by atoms with van der Waals surface area (Å²) in [5.41, 5.74) is 6.72. The number of hydrogen-bond donors (Lipinski definition) is 0. The van der Waals surface area contributed by atoms with Crippen LogP contribution in [0, 0.1) is 13.8 Å². The van der Waals surface area contributed by atoms with Crippen molar-refractivity contribution < 1.29 is 9.05 Å². The quantitative estimate of drug-likeness (QED) is 0.385. The molecule has 4 heteroatoms. The molecule has 0 atom stereocenters. The number of benzene rings is 2. The second kappa shape index (κ2) is 9.67. The van der Waals surface area contributed by atoms with Crippen LogP contribution in [-0.2, 0) is 21.7 Å². The molecule has 34 heavy (non-hydrogen) atoms. The molecule has 0 spiro atoms. The molecule has 190 valence electrons. The van der Waals surface area contributed by atoms with Crippen LogP contribution in [-0.4, -0.2) is 0 Å². The predicted octanol–water partition coefficient (Wildman–Crippen LogP) is 10.4. The van der Waals surface area contributed by atoms with Crippen molar-refractivity contribution in [2.75, 3.05) is 0 Å². The van der Waals surface area contributed by atoms with Crippen molar-refractivity contribution in [2.45, 2.75) is 119 Å². The first kappa shape index (κ1) is 29.0. The first-order valence-corrected chi connectivity index (χ1v) is 14.3. The molecule has 0 unspecified atom stereocenters. The van der Waals surface area contributed by atoms with Gasteiger partial charge in [0.05, 0.1) is 0 Å². The van der Waals surface area contributed by atoms with Gasteiger partial charge in [-0.1, -0.05) is 118 Å². The van der Waals surface area contributed by atoms with Gasteiger partial charge in [0.2, 0.25) is 0 Å². The fourth-order valence-corrected chi connectivity index (χ4v) is 5.27. The van der Waals surface area contributed by atoms with Crippen LogP contribution in [0.15, 0.2) is 24.3 Å². The summed E-state index contributed by atoms with van der Waals surface area (Å²) in [7, 11) is -1.73. The molecule has 0 saturated carbocycles. The molecular weight excluding hydrogens is 459 g/mol. The smallest absolute Gasteiger partial charge is 0.401 e.